The first-order valence-corrected chi connectivity index (χ1v) is 8.75. The van der Waals surface area contributed by atoms with Crippen molar-refractivity contribution in [2.45, 2.75) is 37.8 Å². The molecule has 6 heteroatoms. The number of piperazine rings is 1. The van der Waals surface area contributed by atoms with Crippen LogP contribution in [0.25, 0.3) is 0 Å². The summed E-state index contributed by atoms with van der Waals surface area (Å²) in [4.78, 5) is 2.52. The quantitative estimate of drug-likeness (QED) is 0.907. The molecule has 0 radical (unpaired) electrons. The highest BCUT2D eigenvalue weighted by molar-refractivity contribution is 7.89. The number of hydrogen-bond acceptors (Lipinski definition) is 4. The summed E-state index contributed by atoms with van der Waals surface area (Å²) in [6.07, 6.45) is 0.929. The number of sulfonamides is 1. The smallest absolute Gasteiger partial charge is 0.243 e. The zero-order chi connectivity index (χ0) is 15.6. The number of nitrogens with zero attached hydrogens (tertiary/aromatic N) is 2. The van der Waals surface area contributed by atoms with E-state index in [0.717, 1.165) is 13.0 Å². The van der Waals surface area contributed by atoms with Crippen LogP contribution in [-0.2, 0) is 16.6 Å². The van der Waals surface area contributed by atoms with Crippen molar-refractivity contribution in [1.29, 1.82) is 0 Å². The molecular formula is C15H24N2O3S. The third-order valence-electron chi connectivity index (χ3n) is 4.40. The minimum atomic E-state index is -3.50. The number of benzene rings is 1. The second-order valence-corrected chi connectivity index (χ2v) is 7.51. The van der Waals surface area contributed by atoms with E-state index in [1.165, 1.54) is 0 Å². The second-order valence-electron chi connectivity index (χ2n) is 5.60. The molecule has 1 aliphatic heterocycles. The molecule has 0 amide bonds. The van der Waals surface area contributed by atoms with Gasteiger partial charge in [0.2, 0.25) is 10.0 Å². The molecule has 1 fully saturated rings. The van der Waals surface area contributed by atoms with Crippen LogP contribution in [0.4, 0.5) is 0 Å². The van der Waals surface area contributed by atoms with Crippen molar-refractivity contribution in [2.24, 2.45) is 0 Å². The molecule has 1 heterocycles. The summed E-state index contributed by atoms with van der Waals surface area (Å²) < 4.78 is 27.3. The molecule has 1 unspecified atom stereocenters. The lowest BCUT2D eigenvalue weighted by atomic mass is 10.1. The van der Waals surface area contributed by atoms with Gasteiger partial charge in [-0.3, -0.25) is 0 Å². The van der Waals surface area contributed by atoms with Gasteiger partial charge in [0, 0.05) is 25.7 Å². The van der Waals surface area contributed by atoms with E-state index < -0.39 is 10.0 Å². The first kappa shape index (κ1) is 16.4. The third kappa shape index (κ3) is 3.13. The zero-order valence-electron chi connectivity index (χ0n) is 12.9. The van der Waals surface area contributed by atoms with Crippen LogP contribution in [0, 0.1) is 6.92 Å². The Morgan fingerprint density at radius 2 is 2.05 bits per heavy atom. The third-order valence-corrected chi connectivity index (χ3v) is 6.41. The maximum absolute atomic E-state index is 12.9. The average molecular weight is 312 g/mol. The van der Waals surface area contributed by atoms with Crippen LogP contribution >= 0.6 is 0 Å². The highest BCUT2D eigenvalue weighted by Crippen LogP contribution is 2.25. The van der Waals surface area contributed by atoms with Gasteiger partial charge in [0.1, 0.15) is 0 Å². The molecule has 1 N–H and O–H groups in total. The molecule has 1 aromatic carbocycles. The van der Waals surface area contributed by atoms with Crippen LogP contribution in [0.2, 0.25) is 0 Å². The Morgan fingerprint density at radius 1 is 1.33 bits per heavy atom. The highest BCUT2D eigenvalue weighted by atomic mass is 32.2. The van der Waals surface area contributed by atoms with Gasteiger partial charge in [0.05, 0.1) is 11.5 Å². The molecule has 2 rings (SSSR count). The lowest BCUT2D eigenvalue weighted by Gasteiger charge is -2.38. The Hall–Kier alpha value is -0.950. The van der Waals surface area contributed by atoms with Gasteiger partial charge in [-0.1, -0.05) is 19.1 Å². The van der Waals surface area contributed by atoms with Crippen molar-refractivity contribution in [3.63, 3.8) is 0 Å². The number of rotatable bonds is 4. The van der Waals surface area contributed by atoms with E-state index in [2.05, 4.69) is 11.8 Å². The van der Waals surface area contributed by atoms with E-state index in [9.17, 15) is 13.5 Å². The molecular weight excluding hydrogens is 288 g/mol. The summed E-state index contributed by atoms with van der Waals surface area (Å²) in [5.74, 6) is 0. The predicted molar refractivity (Wildman–Crippen MR) is 82.6 cm³/mol. The molecule has 1 aromatic rings. The predicted octanol–water partition coefficient (Wildman–Crippen LogP) is 1.20. The molecule has 0 saturated carbocycles. The monoisotopic (exact) mass is 312 g/mol. The first-order valence-electron chi connectivity index (χ1n) is 7.31. The largest absolute Gasteiger partial charge is 0.392 e. The van der Waals surface area contributed by atoms with Crippen molar-refractivity contribution in [3.8, 4) is 0 Å². The van der Waals surface area contributed by atoms with E-state index >= 15 is 0 Å². The molecule has 1 saturated heterocycles. The minimum Gasteiger partial charge on any atom is -0.392 e. The second kappa shape index (κ2) is 6.44. The van der Waals surface area contributed by atoms with Crippen molar-refractivity contribution >= 4 is 10.0 Å². The van der Waals surface area contributed by atoms with Crippen molar-refractivity contribution < 1.29 is 13.5 Å². The number of likely N-dealkylation sites (N-methyl/N-ethyl adjacent to an activating group) is 1. The maximum Gasteiger partial charge on any atom is 0.243 e. The van der Waals surface area contributed by atoms with Gasteiger partial charge in [-0.15, -0.1) is 0 Å². The number of aliphatic hydroxyl groups excluding tert-OH is 1. The molecule has 5 nitrogen and oxygen atoms in total. The van der Waals surface area contributed by atoms with Crippen molar-refractivity contribution in [3.05, 3.63) is 29.3 Å². The maximum atomic E-state index is 12.9. The fourth-order valence-corrected chi connectivity index (χ4v) is 4.56. The zero-order valence-corrected chi connectivity index (χ0v) is 13.7. The van der Waals surface area contributed by atoms with E-state index in [0.29, 0.717) is 29.1 Å². The van der Waals surface area contributed by atoms with Crippen LogP contribution in [0.1, 0.15) is 24.5 Å². The summed E-state index contributed by atoms with van der Waals surface area (Å²) in [6, 6.07) is 5.34. The van der Waals surface area contributed by atoms with Crippen LogP contribution in [0.3, 0.4) is 0 Å². The standard InChI is InChI=1S/C15H24N2O3S/c1-4-14-10-17(9-8-16(14)3)21(19,20)15-7-5-6-13(11-18)12(15)2/h5-7,14,18H,4,8-11H2,1-3H3. The number of hydrogen-bond donors (Lipinski definition) is 1. The Bertz CT molecular complexity index is 601. The van der Waals surface area contributed by atoms with E-state index in [4.69, 9.17) is 0 Å². The lowest BCUT2D eigenvalue weighted by molar-refractivity contribution is 0.144. The van der Waals surface area contributed by atoms with Crippen LogP contribution in [-0.4, -0.2) is 55.5 Å². The van der Waals surface area contributed by atoms with Gasteiger partial charge in [-0.2, -0.15) is 4.31 Å². The van der Waals surface area contributed by atoms with Gasteiger partial charge in [0.15, 0.2) is 0 Å². The van der Waals surface area contributed by atoms with E-state index in [1.807, 2.05) is 7.05 Å². The summed E-state index contributed by atoms with van der Waals surface area (Å²) >= 11 is 0. The summed E-state index contributed by atoms with van der Waals surface area (Å²) in [5.41, 5.74) is 1.31. The Labute approximate surface area is 127 Å². The average Bonchev–Trinajstić information content (AvgIpc) is 2.47. The summed E-state index contributed by atoms with van der Waals surface area (Å²) in [6.45, 7) is 5.48. The van der Waals surface area contributed by atoms with Gasteiger partial charge < -0.3 is 10.0 Å². The molecule has 21 heavy (non-hydrogen) atoms. The Kier molecular flexibility index (Phi) is 5.03. The van der Waals surface area contributed by atoms with Crippen LogP contribution < -0.4 is 0 Å². The lowest BCUT2D eigenvalue weighted by Crippen LogP contribution is -2.52. The number of aliphatic hydroxyl groups is 1. The van der Waals surface area contributed by atoms with Gasteiger partial charge in [0.25, 0.3) is 0 Å². The van der Waals surface area contributed by atoms with Gasteiger partial charge in [-0.05, 0) is 37.6 Å². The van der Waals surface area contributed by atoms with E-state index in [1.54, 1.807) is 29.4 Å². The summed E-state index contributed by atoms with van der Waals surface area (Å²) in [7, 11) is -1.46. The Morgan fingerprint density at radius 3 is 2.67 bits per heavy atom. The summed E-state index contributed by atoms with van der Waals surface area (Å²) in [5, 5.41) is 9.32. The first-order chi connectivity index (χ1) is 9.91. The van der Waals surface area contributed by atoms with Crippen LogP contribution in [0.15, 0.2) is 23.1 Å². The SMILES string of the molecule is CCC1CN(S(=O)(=O)c2cccc(CO)c2C)CCN1C. The minimum absolute atomic E-state index is 0.143. The Balaban J connectivity index is 2.34. The molecule has 118 valence electrons. The molecule has 0 spiro atoms. The topological polar surface area (TPSA) is 60.9 Å². The molecule has 0 aromatic heterocycles. The molecule has 0 bridgehead atoms. The fraction of sp³-hybridized carbons (Fsp3) is 0.600. The molecule has 1 atom stereocenters. The van der Waals surface area contributed by atoms with Crippen molar-refractivity contribution in [1.82, 2.24) is 9.21 Å². The van der Waals surface area contributed by atoms with E-state index in [-0.39, 0.29) is 12.6 Å². The van der Waals surface area contributed by atoms with Crippen molar-refractivity contribution in [2.75, 3.05) is 26.7 Å². The van der Waals surface area contributed by atoms with Crippen LogP contribution in [0.5, 0.6) is 0 Å². The fourth-order valence-electron chi connectivity index (χ4n) is 2.83. The van der Waals surface area contributed by atoms with Gasteiger partial charge >= 0.3 is 0 Å². The highest BCUT2D eigenvalue weighted by Gasteiger charge is 2.32. The molecule has 0 aliphatic carbocycles. The van der Waals surface area contributed by atoms with Gasteiger partial charge in [-0.25, -0.2) is 8.42 Å². The normalized spacial score (nSPS) is 21.6. The molecule has 1 aliphatic rings.